The lowest BCUT2D eigenvalue weighted by Gasteiger charge is -2.10. The molecule has 1 atom stereocenters. The maximum absolute atomic E-state index is 5.68. The molecule has 0 aliphatic carbocycles. The van der Waals surface area contributed by atoms with Crippen molar-refractivity contribution in [3.05, 3.63) is 29.8 Å². The molecule has 0 N–H and O–H groups in total. The second-order valence-corrected chi connectivity index (χ2v) is 6.35. The Morgan fingerprint density at radius 3 is 3.00 bits per heavy atom. The van der Waals surface area contributed by atoms with Crippen LogP contribution in [0.3, 0.4) is 0 Å². The number of nitrogens with zero attached hydrogens (tertiary/aromatic N) is 3. The number of hydrogen-bond acceptors (Lipinski definition) is 4. The van der Waals surface area contributed by atoms with E-state index in [4.69, 9.17) is 4.74 Å². The van der Waals surface area contributed by atoms with Crippen molar-refractivity contribution in [3.63, 3.8) is 0 Å². The summed E-state index contributed by atoms with van der Waals surface area (Å²) in [5.74, 6) is 1.92. The fourth-order valence-corrected chi connectivity index (χ4v) is 3.69. The lowest BCUT2D eigenvalue weighted by molar-refractivity contribution is 0.129. The standard InChI is InChI=1S/C16H21N3OS/c1-3-19-15(13-7-4-6-12(2)10-13)17-18-16(19)21-11-14-8-5-9-20-14/h4,6-7,10,14H,3,5,8-9,11H2,1-2H3. The minimum atomic E-state index is 0.374. The predicted molar refractivity (Wildman–Crippen MR) is 85.6 cm³/mol. The van der Waals surface area contributed by atoms with Crippen LogP contribution in [0.2, 0.25) is 0 Å². The van der Waals surface area contributed by atoms with E-state index in [1.807, 2.05) is 0 Å². The Morgan fingerprint density at radius 1 is 1.38 bits per heavy atom. The van der Waals surface area contributed by atoms with Gasteiger partial charge in [0.25, 0.3) is 0 Å². The van der Waals surface area contributed by atoms with Crippen molar-refractivity contribution >= 4 is 11.8 Å². The normalized spacial score (nSPS) is 18.3. The number of thioether (sulfide) groups is 1. The predicted octanol–water partition coefficient (Wildman–Crippen LogP) is 3.54. The lowest BCUT2D eigenvalue weighted by Crippen LogP contribution is -2.09. The van der Waals surface area contributed by atoms with E-state index in [1.54, 1.807) is 11.8 Å². The summed E-state index contributed by atoms with van der Waals surface area (Å²) >= 11 is 1.75. The zero-order valence-corrected chi connectivity index (χ0v) is 13.4. The number of ether oxygens (including phenoxy) is 1. The summed E-state index contributed by atoms with van der Waals surface area (Å²) < 4.78 is 7.87. The third kappa shape index (κ3) is 3.30. The molecule has 2 heterocycles. The van der Waals surface area contributed by atoms with Gasteiger partial charge in [0.1, 0.15) is 0 Å². The van der Waals surface area contributed by atoms with Crippen molar-refractivity contribution in [2.24, 2.45) is 0 Å². The van der Waals surface area contributed by atoms with E-state index < -0.39 is 0 Å². The number of rotatable bonds is 5. The van der Waals surface area contributed by atoms with Crippen LogP contribution in [0, 0.1) is 6.92 Å². The van der Waals surface area contributed by atoms with Crippen molar-refractivity contribution in [3.8, 4) is 11.4 Å². The van der Waals surface area contributed by atoms with Gasteiger partial charge < -0.3 is 9.30 Å². The van der Waals surface area contributed by atoms with Gasteiger partial charge in [-0.15, -0.1) is 10.2 Å². The third-order valence-corrected chi connectivity index (χ3v) is 4.83. The fraction of sp³-hybridized carbons (Fsp3) is 0.500. The molecule has 2 aromatic rings. The zero-order chi connectivity index (χ0) is 14.7. The summed E-state index contributed by atoms with van der Waals surface area (Å²) in [6, 6.07) is 8.42. The van der Waals surface area contributed by atoms with Crippen LogP contribution in [0.1, 0.15) is 25.3 Å². The highest BCUT2D eigenvalue weighted by Gasteiger charge is 2.18. The average molecular weight is 303 g/mol. The molecule has 1 unspecified atom stereocenters. The smallest absolute Gasteiger partial charge is 0.191 e. The molecule has 1 aromatic carbocycles. The molecule has 0 saturated carbocycles. The van der Waals surface area contributed by atoms with Crippen LogP contribution in [-0.4, -0.2) is 33.2 Å². The van der Waals surface area contributed by atoms with Gasteiger partial charge >= 0.3 is 0 Å². The maximum Gasteiger partial charge on any atom is 0.191 e. The van der Waals surface area contributed by atoms with E-state index in [2.05, 4.69) is 52.9 Å². The number of benzene rings is 1. The molecular formula is C16H21N3OS. The molecule has 1 aliphatic rings. The van der Waals surface area contributed by atoms with Crippen LogP contribution in [0.15, 0.2) is 29.4 Å². The molecule has 0 bridgehead atoms. The van der Waals surface area contributed by atoms with Crippen LogP contribution in [0.5, 0.6) is 0 Å². The first-order valence-electron chi connectivity index (χ1n) is 7.52. The Bertz CT molecular complexity index is 605. The molecule has 1 aliphatic heterocycles. The largest absolute Gasteiger partial charge is 0.377 e. The molecule has 1 aromatic heterocycles. The van der Waals surface area contributed by atoms with Crippen molar-refractivity contribution in [2.75, 3.05) is 12.4 Å². The van der Waals surface area contributed by atoms with E-state index in [1.165, 1.54) is 12.0 Å². The van der Waals surface area contributed by atoms with Gasteiger partial charge in [-0.1, -0.05) is 35.5 Å². The summed E-state index contributed by atoms with van der Waals surface area (Å²) in [5.41, 5.74) is 2.38. The molecule has 0 spiro atoms. The molecule has 3 rings (SSSR count). The molecule has 4 nitrogen and oxygen atoms in total. The van der Waals surface area contributed by atoms with Crippen molar-refractivity contribution in [2.45, 2.75) is 44.5 Å². The monoisotopic (exact) mass is 303 g/mol. The first-order chi connectivity index (χ1) is 10.3. The average Bonchev–Trinajstić information content (AvgIpc) is 3.14. The molecular weight excluding hydrogens is 282 g/mol. The molecule has 1 fully saturated rings. The minimum Gasteiger partial charge on any atom is -0.377 e. The molecule has 5 heteroatoms. The van der Waals surface area contributed by atoms with Crippen LogP contribution in [0.25, 0.3) is 11.4 Å². The molecule has 0 amide bonds. The molecule has 21 heavy (non-hydrogen) atoms. The van der Waals surface area contributed by atoms with Crippen LogP contribution < -0.4 is 0 Å². The van der Waals surface area contributed by atoms with E-state index in [0.29, 0.717) is 6.10 Å². The van der Waals surface area contributed by atoms with Crippen molar-refractivity contribution < 1.29 is 4.74 Å². The maximum atomic E-state index is 5.68. The zero-order valence-electron chi connectivity index (χ0n) is 12.6. The number of aromatic nitrogens is 3. The van der Waals surface area contributed by atoms with Crippen LogP contribution >= 0.6 is 11.8 Å². The highest BCUT2D eigenvalue weighted by atomic mass is 32.2. The molecule has 0 radical (unpaired) electrons. The lowest BCUT2D eigenvalue weighted by atomic mass is 10.1. The number of aryl methyl sites for hydroxylation is 1. The quantitative estimate of drug-likeness (QED) is 0.792. The van der Waals surface area contributed by atoms with E-state index >= 15 is 0 Å². The minimum absolute atomic E-state index is 0.374. The van der Waals surface area contributed by atoms with Gasteiger partial charge in [-0.05, 0) is 32.8 Å². The van der Waals surface area contributed by atoms with Gasteiger partial charge in [0.15, 0.2) is 11.0 Å². The Hall–Kier alpha value is -1.33. The van der Waals surface area contributed by atoms with E-state index in [-0.39, 0.29) is 0 Å². The highest BCUT2D eigenvalue weighted by Crippen LogP contribution is 2.27. The third-order valence-electron chi connectivity index (χ3n) is 3.73. The van der Waals surface area contributed by atoms with Gasteiger partial charge in [-0.2, -0.15) is 0 Å². The first-order valence-corrected chi connectivity index (χ1v) is 8.51. The summed E-state index contributed by atoms with van der Waals surface area (Å²) in [6.45, 7) is 6.02. The van der Waals surface area contributed by atoms with Gasteiger partial charge in [-0.3, -0.25) is 0 Å². The topological polar surface area (TPSA) is 39.9 Å². The Kier molecular flexibility index (Phi) is 4.60. The first kappa shape index (κ1) is 14.6. The summed E-state index contributed by atoms with van der Waals surface area (Å²) in [4.78, 5) is 0. The van der Waals surface area contributed by atoms with E-state index in [0.717, 1.165) is 41.9 Å². The van der Waals surface area contributed by atoms with E-state index in [9.17, 15) is 0 Å². The summed E-state index contributed by atoms with van der Waals surface area (Å²) in [5, 5.41) is 9.76. The van der Waals surface area contributed by atoms with Crippen molar-refractivity contribution in [1.29, 1.82) is 0 Å². The fourth-order valence-electron chi connectivity index (χ4n) is 2.62. The molecule has 112 valence electrons. The Morgan fingerprint density at radius 2 is 2.29 bits per heavy atom. The Labute approximate surface area is 129 Å². The second-order valence-electron chi connectivity index (χ2n) is 5.37. The highest BCUT2D eigenvalue weighted by molar-refractivity contribution is 7.99. The van der Waals surface area contributed by atoms with Gasteiger partial charge in [0, 0.05) is 24.5 Å². The van der Waals surface area contributed by atoms with Gasteiger partial charge in [0.05, 0.1) is 6.10 Å². The number of hydrogen-bond donors (Lipinski definition) is 0. The summed E-state index contributed by atoms with van der Waals surface area (Å²) in [6.07, 6.45) is 2.72. The Balaban J connectivity index is 1.79. The van der Waals surface area contributed by atoms with Crippen LogP contribution in [-0.2, 0) is 11.3 Å². The SMILES string of the molecule is CCn1c(SCC2CCCO2)nnc1-c1cccc(C)c1. The van der Waals surface area contributed by atoms with Gasteiger partial charge in [-0.25, -0.2) is 0 Å². The van der Waals surface area contributed by atoms with Gasteiger partial charge in [0.2, 0.25) is 0 Å². The second kappa shape index (κ2) is 6.62. The summed E-state index contributed by atoms with van der Waals surface area (Å²) in [7, 11) is 0. The molecule has 1 saturated heterocycles. The van der Waals surface area contributed by atoms with Crippen LogP contribution in [0.4, 0.5) is 0 Å². The van der Waals surface area contributed by atoms with Crippen molar-refractivity contribution in [1.82, 2.24) is 14.8 Å².